The van der Waals surface area contributed by atoms with Gasteiger partial charge in [0.15, 0.2) is 6.61 Å². The van der Waals surface area contributed by atoms with Crippen molar-refractivity contribution in [3.8, 4) is 5.75 Å². The van der Waals surface area contributed by atoms with Gasteiger partial charge in [-0.25, -0.2) is 4.79 Å². The summed E-state index contributed by atoms with van der Waals surface area (Å²) < 4.78 is 5.43. The number of carbonyl (C=O) groups is 1. The Kier molecular flexibility index (Phi) is 9.88. The Labute approximate surface area is 149 Å². The minimum atomic E-state index is -0.945. The van der Waals surface area contributed by atoms with Crippen LogP contribution in [0.2, 0.25) is 0 Å². The van der Waals surface area contributed by atoms with E-state index in [9.17, 15) is 9.90 Å². The van der Waals surface area contributed by atoms with Gasteiger partial charge in [0.1, 0.15) is 5.75 Å². The number of fused-ring (bicyclic) bond motifs is 1. The first-order valence-electron chi connectivity index (χ1n) is 8.80. The summed E-state index contributed by atoms with van der Waals surface area (Å²) in [5.74, 6) is 2.11. The van der Waals surface area contributed by atoms with Crippen LogP contribution in [0.1, 0.15) is 57.1 Å². The Morgan fingerprint density at radius 2 is 2.17 bits per heavy atom. The van der Waals surface area contributed by atoms with Crippen LogP contribution in [-0.2, 0) is 11.2 Å². The summed E-state index contributed by atoms with van der Waals surface area (Å²) in [6.07, 6.45) is 4.09. The van der Waals surface area contributed by atoms with E-state index in [0.29, 0.717) is 5.92 Å². The molecule has 1 aliphatic carbocycles. The fourth-order valence-electron chi connectivity index (χ4n) is 2.97. The van der Waals surface area contributed by atoms with Crippen molar-refractivity contribution in [2.45, 2.75) is 58.5 Å². The van der Waals surface area contributed by atoms with E-state index >= 15 is 0 Å². The van der Waals surface area contributed by atoms with E-state index in [1.807, 2.05) is 32.9 Å². The lowest BCUT2D eigenvalue weighted by molar-refractivity contribution is -0.139. The molecule has 1 aromatic rings. The van der Waals surface area contributed by atoms with Gasteiger partial charge in [-0.2, -0.15) is 11.8 Å². The van der Waals surface area contributed by atoms with E-state index in [2.05, 4.69) is 6.07 Å². The van der Waals surface area contributed by atoms with E-state index in [1.165, 1.54) is 17.5 Å². The van der Waals surface area contributed by atoms with Crippen molar-refractivity contribution < 1.29 is 19.7 Å². The predicted octanol–water partition coefficient (Wildman–Crippen LogP) is 4.10. The molecule has 0 amide bonds. The molecule has 4 nitrogen and oxygen atoms in total. The molecule has 0 aliphatic heterocycles. The maximum atomic E-state index is 10.7. The minimum absolute atomic E-state index is 0.250. The number of benzene rings is 1. The molecule has 0 fully saturated rings. The third-order valence-corrected chi connectivity index (χ3v) is 5.15. The van der Waals surface area contributed by atoms with Crippen LogP contribution in [0.5, 0.6) is 5.75 Å². The number of aliphatic carboxylic acids is 1. The summed E-state index contributed by atoms with van der Waals surface area (Å²) in [5, 5.41) is 18.1. The SMILES string of the molecule is CC.CC(O)CSCCC1CCCc2c(OCC(=O)O)cccc21. The van der Waals surface area contributed by atoms with E-state index in [-0.39, 0.29) is 12.7 Å². The van der Waals surface area contributed by atoms with Crippen LogP contribution in [0, 0.1) is 0 Å². The van der Waals surface area contributed by atoms with E-state index in [1.54, 1.807) is 11.8 Å². The molecule has 0 saturated heterocycles. The number of carboxylic acids is 1. The maximum Gasteiger partial charge on any atom is 0.341 e. The van der Waals surface area contributed by atoms with E-state index in [0.717, 1.165) is 36.5 Å². The molecule has 2 N–H and O–H groups in total. The van der Waals surface area contributed by atoms with Crippen molar-refractivity contribution in [1.29, 1.82) is 0 Å². The average molecular weight is 355 g/mol. The quantitative estimate of drug-likeness (QED) is 0.688. The van der Waals surface area contributed by atoms with Crippen molar-refractivity contribution in [2.75, 3.05) is 18.1 Å². The average Bonchev–Trinajstić information content (AvgIpc) is 2.58. The fourth-order valence-corrected chi connectivity index (χ4v) is 3.93. The van der Waals surface area contributed by atoms with Crippen molar-refractivity contribution in [3.63, 3.8) is 0 Å². The molecular formula is C19H30O4S. The lowest BCUT2D eigenvalue weighted by Gasteiger charge is -2.27. The molecule has 1 aliphatic rings. The normalized spacial score (nSPS) is 17.2. The van der Waals surface area contributed by atoms with Gasteiger partial charge in [-0.15, -0.1) is 0 Å². The largest absolute Gasteiger partial charge is 0.482 e. The molecule has 136 valence electrons. The second-order valence-corrected chi connectivity index (χ2v) is 6.96. The zero-order valence-corrected chi connectivity index (χ0v) is 15.8. The van der Waals surface area contributed by atoms with Crippen LogP contribution in [0.15, 0.2) is 18.2 Å². The topological polar surface area (TPSA) is 66.8 Å². The molecule has 0 aromatic heterocycles. The molecule has 2 rings (SSSR count). The maximum absolute atomic E-state index is 10.7. The summed E-state index contributed by atoms with van der Waals surface area (Å²) in [6.45, 7) is 5.53. The van der Waals surface area contributed by atoms with Crippen LogP contribution in [-0.4, -0.2) is 40.4 Å². The molecular weight excluding hydrogens is 324 g/mol. The first-order chi connectivity index (χ1) is 11.6. The number of thioether (sulfide) groups is 1. The second-order valence-electron chi connectivity index (χ2n) is 5.81. The number of aliphatic hydroxyl groups excluding tert-OH is 1. The Hall–Kier alpha value is -1.20. The van der Waals surface area contributed by atoms with Gasteiger partial charge in [0.25, 0.3) is 0 Å². The van der Waals surface area contributed by atoms with Crippen molar-refractivity contribution >= 4 is 17.7 Å². The third-order valence-electron chi connectivity index (χ3n) is 3.91. The van der Waals surface area contributed by atoms with Crippen LogP contribution in [0.4, 0.5) is 0 Å². The van der Waals surface area contributed by atoms with Crippen LogP contribution < -0.4 is 4.74 Å². The van der Waals surface area contributed by atoms with Gasteiger partial charge in [-0.05, 0) is 61.5 Å². The smallest absolute Gasteiger partial charge is 0.341 e. The van der Waals surface area contributed by atoms with Gasteiger partial charge >= 0.3 is 5.97 Å². The molecule has 2 unspecified atom stereocenters. The molecule has 1 aromatic carbocycles. The molecule has 0 saturated carbocycles. The number of rotatable bonds is 8. The number of hydrogen-bond acceptors (Lipinski definition) is 4. The zero-order valence-electron chi connectivity index (χ0n) is 15.0. The summed E-state index contributed by atoms with van der Waals surface area (Å²) in [4.78, 5) is 10.7. The lowest BCUT2D eigenvalue weighted by atomic mass is 9.81. The van der Waals surface area contributed by atoms with Gasteiger partial charge in [0, 0.05) is 5.75 Å². The molecule has 2 atom stereocenters. The number of ether oxygens (including phenoxy) is 1. The van der Waals surface area contributed by atoms with E-state index in [4.69, 9.17) is 9.84 Å². The van der Waals surface area contributed by atoms with Gasteiger partial charge in [-0.1, -0.05) is 26.0 Å². The number of hydrogen-bond donors (Lipinski definition) is 2. The highest BCUT2D eigenvalue weighted by Crippen LogP contribution is 2.38. The monoisotopic (exact) mass is 354 g/mol. The number of aliphatic hydroxyl groups is 1. The fraction of sp³-hybridized carbons (Fsp3) is 0.632. The van der Waals surface area contributed by atoms with Crippen molar-refractivity contribution in [3.05, 3.63) is 29.3 Å². The molecule has 5 heteroatoms. The third kappa shape index (κ3) is 6.73. The Morgan fingerprint density at radius 1 is 1.42 bits per heavy atom. The molecule has 0 radical (unpaired) electrons. The summed E-state index contributed by atoms with van der Waals surface area (Å²) in [5.41, 5.74) is 2.49. The Morgan fingerprint density at radius 3 is 2.83 bits per heavy atom. The summed E-state index contributed by atoms with van der Waals surface area (Å²) >= 11 is 1.79. The first-order valence-corrected chi connectivity index (χ1v) is 9.95. The van der Waals surface area contributed by atoms with Gasteiger partial charge in [0.05, 0.1) is 6.10 Å². The highest BCUT2D eigenvalue weighted by molar-refractivity contribution is 7.99. The van der Waals surface area contributed by atoms with Crippen molar-refractivity contribution in [2.24, 2.45) is 0 Å². The summed E-state index contributed by atoms with van der Waals surface area (Å²) in [7, 11) is 0. The van der Waals surface area contributed by atoms with E-state index < -0.39 is 5.97 Å². The highest BCUT2D eigenvalue weighted by atomic mass is 32.2. The predicted molar refractivity (Wildman–Crippen MR) is 100 cm³/mol. The van der Waals surface area contributed by atoms with Gasteiger partial charge in [-0.3, -0.25) is 0 Å². The van der Waals surface area contributed by atoms with Gasteiger partial charge in [0.2, 0.25) is 0 Å². The first kappa shape index (κ1) is 20.8. The van der Waals surface area contributed by atoms with Gasteiger partial charge < -0.3 is 14.9 Å². The van der Waals surface area contributed by atoms with Crippen molar-refractivity contribution in [1.82, 2.24) is 0 Å². The molecule has 0 heterocycles. The molecule has 0 bridgehead atoms. The Balaban J connectivity index is 0.00000139. The summed E-state index contributed by atoms with van der Waals surface area (Å²) in [6, 6.07) is 5.97. The second kappa shape index (κ2) is 11.4. The zero-order chi connectivity index (χ0) is 17.9. The van der Waals surface area contributed by atoms with Crippen LogP contribution >= 0.6 is 11.8 Å². The Bertz CT molecular complexity index is 502. The van der Waals surface area contributed by atoms with Crippen LogP contribution in [0.3, 0.4) is 0 Å². The number of carboxylic acid groups (broad SMARTS) is 1. The molecule has 0 spiro atoms. The van der Waals surface area contributed by atoms with Crippen LogP contribution in [0.25, 0.3) is 0 Å². The highest BCUT2D eigenvalue weighted by Gasteiger charge is 2.22. The lowest BCUT2D eigenvalue weighted by Crippen LogP contribution is -2.15. The molecule has 24 heavy (non-hydrogen) atoms. The standard InChI is InChI=1S/C17H24O4S.C2H6/c1-12(18)11-22-9-8-13-4-2-6-15-14(13)5-3-7-16(15)21-10-17(19)20;1-2/h3,5,7,12-13,18H,2,4,6,8-11H2,1H3,(H,19,20);1-2H3. The minimum Gasteiger partial charge on any atom is -0.482 e.